The highest BCUT2D eigenvalue weighted by atomic mass is 79.9. The average molecular weight is 332 g/mol. The summed E-state index contributed by atoms with van der Waals surface area (Å²) in [5.74, 6) is -0.230. The van der Waals surface area contributed by atoms with E-state index in [2.05, 4.69) is 21.2 Å². The molecule has 1 aromatic carbocycles. The maximum absolute atomic E-state index is 11.9. The van der Waals surface area contributed by atoms with E-state index in [1.165, 1.54) is 11.3 Å². The number of halogens is 2. The molecule has 0 atom stereocenters. The lowest BCUT2D eigenvalue weighted by Gasteiger charge is -2.06. The SMILES string of the molecule is Nc1cc(NC(=O)c2sccc2Cl)ccc1Br. The average Bonchev–Trinajstić information content (AvgIpc) is 2.70. The summed E-state index contributed by atoms with van der Waals surface area (Å²) in [5, 5.41) is 4.97. The van der Waals surface area contributed by atoms with Gasteiger partial charge < -0.3 is 11.1 Å². The van der Waals surface area contributed by atoms with E-state index in [0.717, 1.165) is 4.47 Å². The lowest BCUT2D eigenvalue weighted by molar-refractivity contribution is 0.103. The molecule has 17 heavy (non-hydrogen) atoms. The van der Waals surface area contributed by atoms with Crippen molar-refractivity contribution in [1.29, 1.82) is 0 Å². The summed E-state index contributed by atoms with van der Waals surface area (Å²) in [6, 6.07) is 6.92. The van der Waals surface area contributed by atoms with Crippen LogP contribution in [0, 0.1) is 0 Å². The number of carbonyl (C=O) groups excluding carboxylic acids is 1. The molecule has 0 fully saturated rings. The summed E-state index contributed by atoms with van der Waals surface area (Å²) < 4.78 is 0.796. The van der Waals surface area contributed by atoms with Gasteiger partial charge in [-0.15, -0.1) is 11.3 Å². The normalized spacial score (nSPS) is 10.2. The molecule has 0 aliphatic rings. The van der Waals surface area contributed by atoms with Gasteiger partial charge in [0.05, 0.1) is 5.02 Å². The second-order valence-corrected chi connectivity index (χ2v) is 5.47. The Morgan fingerprint density at radius 2 is 2.18 bits per heavy atom. The summed E-state index contributed by atoms with van der Waals surface area (Å²) in [6.45, 7) is 0. The van der Waals surface area contributed by atoms with E-state index < -0.39 is 0 Å². The molecule has 3 nitrogen and oxygen atoms in total. The second-order valence-electron chi connectivity index (χ2n) is 3.29. The first-order valence-corrected chi connectivity index (χ1v) is 6.72. The van der Waals surface area contributed by atoms with Gasteiger partial charge in [-0.3, -0.25) is 4.79 Å². The largest absolute Gasteiger partial charge is 0.398 e. The van der Waals surface area contributed by atoms with Crippen molar-refractivity contribution in [2.75, 3.05) is 11.1 Å². The molecule has 0 spiro atoms. The molecule has 0 aliphatic heterocycles. The predicted octanol–water partition coefficient (Wildman–Crippen LogP) is 4.00. The van der Waals surface area contributed by atoms with Crippen LogP contribution in [0.2, 0.25) is 5.02 Å². The van der Waals surface area contributed by atoms with Crippen LogP contribution in [0.4, 0.5) is 11.4 Å². The number of carbonyl (C=O) groups is 1. The molecule has 0 unspecified atom stereocenters. The van der Waals surface area contributed by atoms with Gasteiger partial charge in [-0.25, -0.2) is 0 Å². The number of benzene rings is 1. The Morgan fingerprint density at radius 1 is 1.41 bits per heavy atom. The highest BCUT2D eigenvalue weighted by Crippen LogP contribution is 2.26. The lowest BCUT2D eigenvalue weighted by atomic mass is 10.3. The predicted molar refractivity (Wildman–Crippen MR) is 75.8 cm³/mol. The smallest absolute Gasteiger partial charge is 0.267 e. The van der Waals surface area contributed by atoms with Gasteiger partial charge >= 0.3 is 0 Å². The van der Waals surface area contributed by atoms with Gasteiger partial charge in [-0.2, -0.15) is 0 Å². The van der Waals surface area contributed by atoms with E-state index in [0.29, 0.717) is 21.3 Å². The van der Waals surface area contributed by atoms with Crippen molar-refractivity contribution >= 4 is 56.1 Å². The summed E-state index contributed by atoms with van der Waals surface area (Å²) in [6.07, 6.45) is 0. The highest BCUT2D eigenvalue weighted by Gasteiger charge is 2.12. The third-order valence-corrected chi connectivity index (χ3v) is 4.14. The molecule has 2 aromatic rings. The lowest BCUT2D eigenvalue weighted by Crippen LogP contribution is -2.10. The van der Waals surface area contributed by atoms with E-state index >= 15 is 0 Å². The number of nitrogen functional groups attached to an aromatic ring is 1. The summed E-state index contributed by atoms with van der Waals surface area (Å²) in [5.41, 5.74) is 6.93. The van der Waals surface area contributed by atoms with Gasteiger partial charge in [-0.05, 0) is 45.6 Å². The standard InChI is InChI=1S/C11H8BrClN2OS/c12-7-2-1-6(5-9(7)14)15-11(16)10-8(13)3-4-17-10/h1-5H,14H2,(H,15,16). The van der Waals surface area contributed by atoms with E-state index in [1.54, 1.807) is 29.6 Å². The van der Waals surface area contributed by atoms with Gasteiger partial charge in [0.25, 0.3) is 5.91 Å². The van der Waals surface area contributed by atoms with Crippen LogP contribution < -0.4 is 11.1 Å². The van der Waals surface area contributed by atoms with Crippen molar-refractivity contribution in [3.8, 4) is 0 Å². The fraction of sp³-hybridized carbons (Fsp3) is 0. The number of nitrogens with one attached hydrogen (secondary N) is 1. The maximum Gasteiger partial charge on any atom is 0.267 e. The Kier molecular flexibility index (Phi) is 3.71. The van der Waals surface area contributed by atoms with E-state index in [1.807, 2.05) is 0 Å². The van der Waals surface area contributed by atoms with Crippen molar-refractivity contribution in [2.45, 2.75) is 0 Å². The van der Waals surface area contributed by atoms with Gasteiger partial charge in [-0.1, -0.05) is 11.6 Å². The fourth-order valence-electron chi connectivity index (χ4n) is 1.27. The molecule has 0 saturated carbocycles. The second kappa shape index (κ2) is 5.08. The molecule has 1 aromatic heterocycles. The van der Waals surface area contributed by atoms with Crippen LogP contribution in [0.1, 0.15) is 9.67 Å². The van der Waals surface area contributed by atoms with E-state index in [9.17, 15) is 4.79 Å². The van der Waals surface area contributed by atoms with Gasteiger partial charge in [0.2, 0.25) is 0 Å². The molecular formula is C11H8BrClN2OS. The Morgan fingerprint density at radius 3 is 2.76 bits per heavy atom. The Hall–Kier alpha value is -1.04. The first-order valence-electron chi connectivity index (χ1n) is 4.67. The minimum absolute atomic E-state index is 0.230. The zero-order valence-corrected chi connectivity index (χ0v) is 11.7. The molecule has 6 heteroatoms. The van der Waals surface area contributed by atoms with Crippen LogP contribution >= 0.6 is 38.9 Å². The van der Waals surface area contributed by atoms with Crippen LogP contribution in [0.25, 0.3) is 0 Å². The van der Waals surface area contributed by atoms with Gasteiger partial charge in [0, 0.05) is 15.8 Å². The molecule has 0 radical (unpaired) electrons. The molecule has 0 bridgehead atoms. The quantitative estimate of drug-likeness (QED) is 0.817. The zero-order chi connectivity index (χ0) is 12.4. The van der Waals surface area contributed by atoms with Crippen LogP contribution in [-0.4, -0.2) is 5.91 Å². The monoisotopic (exact) mass is 330 g/mol. The highest BCUT2D eigenvalue weighted by molar-refractivity contribution is 9.10. The van der Waals surface area contributed by atoms with Gasteiger partial charge in [0.15, 0.2) is 0 Å². The van der Waals surface area contributed by atoms with Gasteiger partial charge in [0.1, 0.15) is 4.88 Å². The third kappa shape index (κ3) is 2.80. The molecule has 2 rings (SSSR count). The van der Waals surface area contributed by atoms with Crippen LogP contribution in [0.3, 0.4) is 0 Å². The molecule has 88 valence electrons. The van der Waals surface area contributed by atoms with Crippen LogP contribution in [0.5, 0.6) is 0 Å². The molecule has 0 aliphatic carbocycles. The van der Waals surface area contributed by atoms with Crippen molar-refractivity contribution in [1.82, 2.24) is 0 Å². The Labute approximate surface area is 116 Å². The van der Waals surface area contributed by atoms with Crippen molar-refractivity contribution in [3.63, 3.8) is 0 Å². The number of nitrogens with two attached hydrogens (primary N) is 1. The first-order chi connectivity index (χ1) is 8.08. The van der Waals surface area contributed by atoms with Crippen molar-refractivity contribution in [3.05, 3.63) is 44.0 Å². The maximum atomic E-state index is 11.9. The summed E-state index contributed by atoms with van der Waals surface area (Å²) in [4.78, 5) is 12.3. The van der Waals surface area contributed by atoms with E-state index in [4.69, 9.17) is 17.3 Å². The minimum Gasteiger partial charge on any atom is -0.398 e. The van der Waals surface area contributed by atoms with E-state index in [-0.39, 0.29) is 5.91 Å². The number of thiophene rings is 1. The Bertz CT molecular complexity index is 570. The molecular weight excluding hydrogens is 324 g/mol. The van der Waals surface area contributed by atoms with Crippen LogP contribution in [0.15, 0.2) is 34.1 Å². The first kappa shape index (κ1) is 12.4. The zero-order valence-electron chi connectivity index (χ0n) is 8.54. The minimum atomic E-state index is -0.230. The Balaban J connectivity index is 2.19. The van der Waals surface area contributed by atoms with Crippen LogP contribution in [-0.2, 0) is 0 Å². The molecule has 0 saturated heterocycles. The third-order valence-electron chi connectivity index (χ3n) is 2.08. The number of amides is 1. The molecule has 1 heterocycles. The summed E-state index contributed by atoms with van der Waals surface area (Å²) >= 11 is 10.5. The number of hydrogen-bond acceptors (Lipinski definition) is 3. The number of hydrogen-bond donors (Lipinski definition) is 2. The molecule has 1 amide bonds. The van der Waals surface area contributed by atoms with Crippen molar-refractivity contribution < 1.29 is 4.79 Å². The number of rotatable bonds is 2. The topological polar surface area (TPSA) is 55.1 Å². The fourth-order valence-corrected chi connectivity index (χ4v) is 2.55. The number of anilines is 2. The van der Waals surface area contributed by atoms with Crippen molar-refractivity contribution in [2.24, 2.45) is 0 Å². The molecule has 3 N–H and O–H groups in total. The summed E-state index contributed by atoms with van der Waals surface area (Å²) in [7, 11) is 0.